The number of hydrogen-bond acceptors (Lipinski definition) is 4. The fourth-order valence-electron chi connectivity index (χ4n) is 1.97. The molecule has 0 bridgehead atoms. The van der Waals surface area contributed by atoms with Crippen molar-refractivity contribution in [3.8, 4) is 6.07 Å². The van der Waals surface area contributed by atoms with Gasteiger partial charge < -0.3 is 9.40 Å². The summed E-state index contributed by atoms with van der Waals surface area (Å²) in [6, 6.07) is 12.8. The molecule has 5 nitrogen and oxygen atoms in total. The lowest BCUT2D eigenvalue weighted by molar-refractivity contribution is 0.103. The number of hydrogen-bond donors (Lipinski definition) is 0. The van der Waals surface area contributed by atoms with Crippen LogP contribution in [0.3, 0.4) is 0 Å². The average Bonchev–Trinajstić information content (AvgIpc) is 2.92. The largest absolute Gasteiger partial charge is 0.399 e. The number of carbonyl (C=O) groups is 1. The zero-order valence-corrected chi connectivity index (χ0v) is 12.4. The minimum absolute atomic E-state index is 0.0556. The van der Waals surface area contributed by atoms with Crippen molar-refractivity contribution < 1.29 is 9.63 Å². The van der Waals surface area contributed by atoms with Crippen molar-refractivity contribution >= 4 is 18.1 Å². The van der Waals surface area contributed by atoms with Crippen molar-refractivity contribution in [2.24, 2.45) is 12.2 Å². The highest BCUT2D eigenvalue weighted by molar-refractivity contribution is 6.09. The number of allylic oxidation sites excluding steroid dienone is 1. The third-order valence-corrected chi connectivity index (χ3v) is 3.07. The van der Waals surface area contributed by atoms with Crippen molar-refractivity contribution in [1.29, 1.82) is 5.26 Å². The number of aryl methyl sites for hydroxylation is 1. The highest BCUT2D eigenvalue weighted by Crippen LogP contribution is 2.15. The van der Waals surface area contributed by atoms with Gasteiger partial charge in [-0.1, -0.05) is 35.5 Å². The quantitative estimate of drug-likeness (QED) is 0.368. The van der Waals surface area contributed by atoms with Crippen molar-refractivity contribution in [2.45, 2.75) is 0 Å². The van der Waals surface area contributed by atoms with Crippen LogP contribution in [0.15, 0.2) is 53.3 Å². The van der Waals surface area contributed by atoms with E-state index in [4.69, 9.17) is 5.26 Å². The Hall–Kier alpha value is -3.13. The molecule has 2 rings (SSSR count). The molecule has 1 aromatic carbocycles. The Morgan fingerprint density at radius 3 is 2.68 bits per heavy atom. The standard InChI is InChI=1S/C17H15N3O2/c1-20-12-15(17(21)14-6-4-3-5-7-14)9-16(20)8-13(10-18)11-19-22-2/h3-9,11-12H,1-2H3/b13-8+,19-11-. The molecule has 0 amide bonds. The topological polar surface area (TPSA) is 67.4 Å². The minimum atomic E-state index is -0.0556. The second kappa shape index (κ2) is 7.04. The fourth-order valence-corrected chi connectivity index (χ4v) is 1.97. The number of ketones is 1. The third-order valence-electron chi connectivity index (χ3n) is 3.07. The van der Waals surface area contributed by atoms with Gasteiger partial charge in [-0.05, 0) is 12.1 Å². The van der Waals surface area contributed by atoms with E-state index in [0.29, 0.717) is 16.7 Å². The second-order valence-corrected chi connectivity index (χ2v) is 4.59. The normalized spacial score (nSPS) is 11.4. The van der Waals surface area contributed by atoms with Crippen LogP contribution in [0.25, 0.3) is 6.08 Å². The molecule has 1 heterocycles. The Balaban J connectivity index is 2.33. The summed E-state index contributed by atoms with van der Waals surface area (Å²) in [6.45, 7) is 0. The molecule has 2 aromatic rings. The Kier molecular flexibility index (Phi) is 4.89. The third kappa shape index (κ3) is 3.49. The van der Waals surface area contributed by atoms with E-state index in [2.05, 4.69) is 9.99 Å². The summed E-state index contributed by atoms with van der Waals surface area (Å²) in [4.78, 5) is 17.0. The van der Waals surface area contributed by atoms with Gasteiger partial charge >= 0.3 is 0 Å². The Labute approximate surface area is 128 Å². The molecule has 0 saturated carbocycles. The summed E-state index contributed by atoms with van der Waals surface area (Å²) in [7, 11) is 3.22. The number of aromatic nitrogens is 1. The maximum absolute atomic E-state index is 12.4. The van der Waals surface area contributed by atoms with Gasteiger partial charge in [0.25, 0.3) is 0 Å². The molecule has 0 aliphatic carbocycles. The first kappa shape index (κ1) is 15.3. The van der Waals surface area contributed by atoms with Crippen LogP contribution in [0.1, 0.15) is 21.6 Å². The van der Waals surface area contributed by atoms with Gasteiger partial charge in [-0.3, -0.25) is 4.79 Å². The minimum Gasteiger partial charge on any atom is -0.399 e. The first-order chi connectivity index (χ1) is 10.7. The molecule has 0 aliphatic rings. The maximum Gasteiger partial charge on any atom is 0.194 e. The van der Waals surface area contributed by atoms with Crippen LogP contribution >= 0.6 is 0 Å². The molecular weight excluding hydrogens is 278 g/mol. The highest BCUT2D eigenvalue weighted by atomic mass is 16.6. The zero-order chi connectivity index (χ0) is 15.9. The second-order valence-electron chi connectivity index (χ2n) is 4.59. The molecule has 22 heavy (non-hydrogen) atoms. The molecule has 5 heteroatoms. The van der Waals surface area contributed by atoms with E-state index in [0.717, 1.165) is 5.69 Å². The average molecular weight is 293 g/mol. The zero-order valence-electron chi connectivity index (χ0n) is 12.4. The lowest BCUT2D eigenvalue weighted by atomic mass is 10.1. The Bertz CT molecular complexity index is 765. The summed E-state index contributed by atoms with van der Waals surface area (Å²) in [5, 5.41) is 12.6. The van der Waals surface area contributed by atoms with E-state index in [1.165, 1.54) is 13.3 Å². The molecule has 0 aliphatic heterocycles. The van der Waals surface area contributed by atoms with E-state index >= 15 is 0 Å². The molecule has 0 saturated heterocycles. The summed E-state index contributed by atoms with van der Waals surface area (Å²) in [5.41, 5.74) is 2.27. The van der Waals surface area contributed by atoms with E-state index in [1.54, 1.807) is 35.0 Å². The lowest BCUT2D eigenvalue weighted by Gasteiger charge is -1.96. The number of rotatable bonds is 5. The van der Waals surface area contributed by atoms with E-state index < -0.39 is 0 Å². The Morgan fingerprint density at radius 1 is 1.32 bits per heavy atom. The van der Waals surface area contributed by atoms with Crippen LogP contribution in [-0.4, -0.2) is 23.7 Å². The molecule has 0 unspecified atom stereocenters. The van der Waals surface area contributed by atoms with Gasteiger partial charge in [0, 0.05) is 30.1 Å². The lowest BCUT2D eigenvalue weighted by Crippen LogP contribution is -1.99. The van der Waals surface area contributed by atoms with Gasteiger partial charge in [0.05, 0.1) is 11.8 Å². The van der Waals surface area contributed by atoms with E-state index in [-0.39, 0.29) is 5.78 Å². The molecule has 0 spiro atoms. The van der Waals surface area contributed by atoms with Gasteiger partial charge in [0.2, 0.25) is 0 Å². The van der Waals surface area contributed by atoms with Crippen molar-refractivity contribution in [3.05, 3.63) is 65.0 Å². The van der Waals surface area contributed by atoms with Gasteiger partial charge in [-0.15, -0.1) is 0 Å². The van der Waals surface area contributed by atoms with Crippen LogP contribution in [0.2, 0.25) is 0 Å². The smallest absolute Gasteiger partial charge is 0.194 e. The van der Waals surface area contributed by atoms with Crippen LogP contribution in [-0.2, 0) is 11.9 Å². The van der Waals surface area contributed by atoms with Crippen LogP contribution < -0.4 is 0 Å². The van der Waals surface area contributed by atoms with Gasteiger partial charge in [0.1, 0.15) is 13.2 Å². The van der Waals surface area contributed by atoms with Crippen LogP contribution in [0, 0.1) is 11.3 Å². The number of carbonyl (C=O) groups excluding carboxylic acids is 1. The maximum atomic E-state index is 12.4. The van der Waals surface area contributed by atoms with Gasteiger partial charge in [0.15, 0.2) is 5.78 Å². The molecule has 0 fully saturated rings. The number of nitrogens with zero attached hydrogens (tertiary/aromatic N) is 3. The monoisotopic (exact) mass is 293 g/mol. The molecule has 1 aromatic heterocycles. The summed E-state index contributed by atoms with van der Waals surface area (Å²) in [6.07, 6.45) is 4.71. The Morgan fingerprint density at radius 2 is 2.05 bits per heavy atom. The van der Waals surface area contributed by atoms with E-state index in [1.807, 2.05) is 31.3 Å². The number of nitriles is 1. The predicted molar refractivity (Wildman–Crippen MR) is 84.4 cm³/mol. The van der Waals surface area contributed by atoms with Gasteiger partial charge in [-0.2, -0.15) is 5.26 Å². The highest BCUT2D eigenvalue weighted by Gasteiger charge is 2.12. The summed E-state index contributed by atoms with van der Waals surface area (Å²) < 4.78 is 1.79. The summed E-state index contributed by atoms with van der Waals surface area (Å²) in [5.74, 6) is -0.0556. The van der Waals surface area contributed by atoms with Crippen LogP contribution in [0.4, 0.5) is 0 Å². The van der Waals surface area contributed by atoms with E-state index in [9.17, 15) is 4.79 Å². The number of oxime groups is 1. The predicted octanol–water partition coefficient (Wildman–Crippen LogP) is 2.80. The molecular formula is C17H15N3O2. The molecule has 0 atom stereocenters. The van der Waals surface area contributed by atoms with Crippen molar-refractivity contribution in [1.82, 2.24) is 4.57 Å². The van der Waals surface area contributed by atoms with Crippen molar-refractivity contribution in [2.75, 3.05) is 7.11 Å². The number of benzene rings is 1. The van der Waals surface area contributed by atoms with Crippen LogP contribution in [0.5, 0.6) is 0 Å². The van der Waals surface area contributed by atoms with Crippen molar-refractivity contribution in [3.63, 3.8) is 0 Å². The fraction of sp³-hybridized carbons (Fsp3) is 0.118. The molecule has 0 N–H and O–H groups in total. The molecule has 0 radical (unpaired) electrons. The first-order valence-corrected chi connectivity index (χ1v) is 6.60. The van der Waals surface area contributed by atoms with Gasteiger partial charge in [-0.25, -0.2) is 0 Å². The summed E-state index contributed by atoms with van der Waals surface area (Å²) >= 11 is 0. The first-order valence-electron chi connectivity index (χ1n) is 6.60. The SMILES string of the molecule is CO/N=C\C(C#N)=C\c1cc(C(=O)c2ccccc2)cn1C. The molecule has 110 valence electrons.